The Kier molecular flexibility index (Phi) is 5.11. The van der Waals surface area contributed by atoms with Gasteiger partial charge in [0.2, 0.25) is 5.91 Å². The third kappa shape index (κ3) is 3.49. The van der Waals surface area contributed by atoms with E-state index in [0.717, 1.165) is 34.8 Å². The van der Waals surface area contributed by atoms with Gasteiger partial charge in [-0.3, -0.25) is 4.79 Å². The van der Waals surface area contributed by atoms with Crippen LogP contribution in [0.5, 0.6) is 0 Å². The number of nitrogens with one attached hydrogen (secondary N) is 1. The minimum Gasteiger partial charge on any atom is -0.334 e. The number of nitrogens with zero attached hydrogens (tertiary/aromatic N) is 4. The summed E-state index contributed by atoms with van der Waals surface area (Å²) >= 11 is 0. The van der Waals surface area contributed by atoms with Gasteiger partial charge in [-0.25, -0.2) is 9.97 Å². The third-order valence-electron chi connectivity index (χ3n) is 4.74. The maximum Gasteiger partial charge on any atom is 0.229 e. The molecule has 1 aromatic carbocycles. The molecule has 2 heterocycles. The molecule has 0 saturated heterocycles. The minimum absolute atomic E-state index is 0.000109. The molecule has 0 saturated carbocycles. The van der Waals surface area contributed by atoms with E-state index in [1.807, 2.05) is 42.9 Å². The van der Waals surface area contributed by atoms with Gasteiger partial charge >= 0.3 is 0 Å². The average molecular weight is 353 g/mol. The molecule has 0 fully saturated rings. The zero-order valence-electron chi connectivity index (χ0n) is 16.2. The smallest absolute Gasteiger partial charge is 0.229 e. The number of aromatic nitrogens is 4. The Balaban J connectivity index is 1.74. The second-order valence-electron chi connectivity index (χ2n) is 7.13. The van der Waals surface area contributed by atoms with Crippen LogP contribution in [0.2, 0.25) is 0 Å². The van der Waals surface area contributed by atoms with E-state index in [1.54, 1.807) is 6.20 Å². The highest BCUT2D eigenvalue weighted by Gasteiger charge is 2.16. The summed E-state index contributed by atoms with van der Waals surface area (Å²) in [6.07, 6.45) is 4.57. The number of imidazole rings is 2. The predicted octanol–water partition coefficient (Wildman–Crippen LogP) is 3.73. The fourth-order valence-corrected chi connectivity index (χ4v) is 3.28. The third-order valence-corrected chi connectivity index (χ3v) is 4.74. The van der Waals surface area contributed by atoms with Crippen LogP contribution in [-0.4, -0.2) is 25.0 Å². The van der Waals surface area contributed by atoms with Crippen molar-refractivity contribution in [2.45, 2.75) is 46.6 Å². The van der Waals surface area contributed by atoms with E-state index < -0.39 is 0 Å². The first-order chi connectivity index (χ1) is 12.4. The molecule has 0 aliphatic carbocycles. The van der Waals surface area contributed by atoms with Crippen LogP contribution in [0.3, 0.4) is 0 Å². The molecule has 0 radical (unpaired) electrons. The predicted molar refractivity (Wildman–Crippen MR) is 104 cm³/mol. The lowest BCUT2D eigenvalue weighted by atomic mass is 10.1. The molecule has 6 nitrogen and oxygen atoms in total. The second-order valence-corrected chi connectivity index (χ2v) is 7.13. The van der Waals surface area contributed by atoms with E-state index in [4.69, 9.17) is 4.98 Å². The fraction of sp³-hybridized carbons (Fsp3) is 0.450. The highest BCUT2D eigenvalue weighted by molar-refractivity contribution is 5.94. The van der Waals surface area contributed by atoms with Gasteiger partial charge < -0.3 is 14.5 Å². The molecule has 3 aromatic rings. The van der Waals surface area contributed by atoms with Crippen LogP contribution in [0.15, 0.2) is 30.6 Å². The van der Waals surface area contributed by atoms with Gasteiger partial charge in [0.25, 0.3) is 0 Å². The summed E-state index contributed by atoms with van der Waals surface area (Å²) in [5, 5.41) is 3.02. The van der Waals surface area contributed by atoms with Gasteiger partial charge in [0.15, 0.2) is 0 Å². The van der Waals surface area contributed by atoms with Gasteiger partial charge in [0.05, 0.1) is 17.0 Å². The van der Waals surface area contributed by atoms with Crippen LogP contribution in [0, 0.1) is 5.92 Å². The van der Waals surface area contributed by atoms with Crippen molar-refractivity contribution < 1.29 is 4.79 Å². The molecule has 6 heteroatoms. The SMILES string of the molecule is CCc1nccn1CC(C)C(=O)Nc1ccc2c(c1)nc(C(C)C)n2C. The molecule has 0 spiro atoms. The van der Waals surface area contributed by atoms with Gasteiger partial charge in [-0.05, 0) is 18.2 Å². The number of fused-ring (bicyclic) bond motifs is 1. The molecular weight excluding hydrogens is 326 g/mol. The van der Waals surface area contributed by atoms with Crippen molar-refractivity contribution in [2.75, 3.05) is 5.32 Å². The zero-order chi connectivity index (χ0) is 18.8. The summed E-state index contributed by atoms with van der Waals surface area (Å²) < 4.78 is 4.15. The van der Waals surface area contributed by atoms with E-state index in [1.165, 1.54) is 0 Å². The fourth-order valence-electron chi connectivity index (χ4n) is 3.28. The molecule has 2 aromatic heterocycles. The largest absolute Gasteiger partial charge is 0.334 e. The summed E-state index contributed by atoms with van der Waals surface area (Å²) in [5.74, 6) is 2.25. The van der Waals surface area contributed by atoms with E-state index in [-0.39, 0.29) is 11.8 Å². The number of benzene rings is 1. The lowest BCUT2D eigenvalue weighted by molar-refractivity contribution is -0.119. The minimum atomic E-state index is -0.153. The van der Waals surface area contributed by atoms with Gasteiger partial charge in [-0.2, -0.15) is 0 Å². The maximum atomic E-state index is 12.6. The molecule has 0 aliphatic rings. The molecule has 1 unspecified atom stereocenters. The number of carbonyl (C=O) groups excluding carboxylic acids is 1. The van der Waals surface area contributed by atoms with Gasteiger partial charge in [0.1, 0.15) is 11.6 Å². The molecule has 1 N–H and O–H groups in total. The molecule has 1 atom stereocenters. The topological polar surface area (TPSA) is 64.7 Å². The van der Waals surface area contributed by atoms with Crippen molar-refractivity contribution in [1.82, 2.24) is 19.1 Å². The summed E-state index contributed by atoms with van der Waals surface area (Å²) in [6.45, 7) is 8.89. The monoisotopic (exact) mass is 353 g/mol. The average Bonchev–Trinajstić information content (AvgIpc) is 3.18. The summed E-state index contributed by atoms with van der Waals surface area (Å²) in [5.41, 5.74) is 2.76. The highest BCUT2D eigenvalue weighted by Crippen LogP contribution is 2.23. The van der Waals surface area contributed by atoms with E-state index in [9.17, 15) is 4.79 Å². The maximum absolute atomic E-state index is 12.6. The Morgan fingerprint density at radius 1 is 1.27 bits per heavy atom. The first-order valence-electron chi connectivity index (χ1n) is 9.18. The summed E-state index contributed by atoms with van der Waals surface area (Å²) in [4.78, 5) is 21.6. The van der Waals surface area contributed by atoms with Crippen LogP contribution < -0.4 is 5.32 Å². The first-order valence-corrected chi connectivity index (χ1v) is 9.18. The summed E-state index contributed by atoms with van der Waals surface area (Å²) in [6, 6.07) is 5.90. The van der Waals surface area contributed by atoms with E-state index >= 15 is 0 Å². The van der Waals surface area contributed by atoms with Crippen LogP contribution in [0.4, 0.5) is 5.69 Å². The van der Waals surface area contributed by atoms with Crippen LogP contribution in [0.1, 0.15) is 45.3 Å². The quantitative estimate of drug-likeness (QED) is 0.734. The van der Waals surface area contributed by atoms with E-state index in [0.29, 0.717) is 12.5 Å². The van der Waals surface area contributed by atoms with Crippen LogP contribution >= 0.6 is 0 Å². The normalized spacial score (nSPS) is 12.7. The van der Waals surface area contributed by atoms with Crippen molar-refractivity contribution in [3.8, 4) is 0 Å². The van der Waals surface area contributed by atoms with Crippen molar-refractivity contribution in [1.29, 1.82) is 0 Å². The first kappa shape index (κ1) is 18.2. The molecular formula is C20H27N5O. The van der Waals surface area contributed by atoms with Gasteiger partial charge in [-0.1, -0.05) is 27.7 Å². The molecule has 26 heavy (non-hydrogen) atoms. The zero-order valence-corrected chi connectivity index (χ0v) is 16.2. The Labute approximate surface area is 154 Å². The second kappa shape index (κ2) is 7.32. The molecule has 138 valence electrons. The number of hydrogen-bond acceptors (Lipinski definition) is 3. The number of hydrogen-bond donors (Lipinski definition) is 1. The van der Waals surface area contributed by atoms with Gasteiger partial charge in [0, 0.05) is 44.0 Å². The highest BCUT2D eigenvalue weighted by atomic mass is 16.1. The summed E-state index contributed by atoms with van der Waals surface area (Å²) in [7, 11) is 2.03. The number of rotatable bonds is 6. The van der Waals surface area contributed by atoms with Crippen molar-refractivity contribution >= 4 is 22.6 Å². The molecule has 1 amide bonds. The Hall–Kier alpha value is -2.63. The Bertz CT molecular complexity index is 922. The lowest BCUT2D eigenvalue weighted by Crippen LogP contribution is -2.24. The Morgan fingerprint density at radius 3 is 2.73 bits per heavy atom. The van der Waals surface area contributed by atoms with Crippen LogP contribution in [-0.2, 0) is 24.8 Å². The molecule has 0 bridgehead atoms. The van der Waals surface area contributed by atoms with E-state index in [2.05, 4.69) is 35.6 Å². The Morgan fingerprint density at radius 2 is 2.04 bits per heavy atom. The van der Waals surface area contributed by atoms with Crippen LogP contribution in [0.25, 0.3) is 11.0 Å². The lowest BCUT2D eigenvalue weighted by Gasteiger charge is -2.14. The molecule has 3 rings (SSSR count). The van der Waals surface area contributed by atoms with Crippen molar-refractivity contribution in [3.63, 3.8) is 0 Å². The number of aryl methyl sites for hydroxylation is 2. The van der Waals surface area contributed by atoms with Gasteiger partial charge in [-0.15, -0.1) is 0 Å². The van der Waals surface area contributed by atoms with Crippen molar-refractivity contribution in [2.24, 2.45) is 13.0 Å². The number of carbonyl (C=O) groups is 1. The molecule has 0 aliphatic heterocycles. The van der Waals surface area contributed by atoms with Crippen molar-refractivity contribution in [3.05, 3.63) is 42.2 Å². The number of amides is 1. The number of anilines is 1. The standard InChI is InChI=1S/C20H27N5O/c1-6-18-21-9-10-25(18)12-14(4)20(26)22-15-7-8-17-16(11-15)23-19(13(2)3)24(17)5/h7-11,13-14H,6,12H2,1-5H3,(H,22,26).